The molecule has 1 N–H and O–H groups in total. The molecule has 0 radical (unpaired) electrons. The number of pyridine rings is 1. The lowest BCUT2D eigenvalue weighted by Gasteiger charge is -2.26. The van der Waals surface area contributed by atoms with E-state index in [1.807, 2.05) is 41.3 Å². The molecule has 0 unspecified atom stereocenters. The Morgan fingerprint density at radius 3 is 2.69 bits per heavy atom. The number of hydrogen-bond donors (Lipinski definition) is 1. The summed E-state index contributed by atoms with van der Waals surface area (Å²) in [5.41, 5.74) is 4.25. The van der Waals surface area contributed by atoms with E-state index in [9.17, 15) is 4.79 Å². The zero-order valence-corrected chi connectivity index (χ0v) is 15.0. The molecule has 132 valence electrons. The number of carbonyl (C=O) groups excluding carboxylic acids is 1. The molecule has 0 saturated heterocycles. The minimum absolute atomic E-state index is 0.105. The van der Waals surface area contributed by atoms with E-state index in [0.29, 0.717) is 24.4 Å². The normalized spacial score (nSPS) is 13.5. The van der Waals surface area contributed by atoms with E-state index in [4.69, 9.17) is 11.6 Å². The van der Waals surface area contributed by atoms with Crippen LogP contribution in [0.5, 0.6) is 0 Å². The van der Waals surface area contributed by atoms with Crippen LogP contribution in [-0.4, -0.2) is 27.6 Å². The van der Waals surface area contributed by atoms with Gasteiger partial charge in [0, 0.05) is 41.5 Å². The van der Waals surface area contributed by atoms with Gasteiger partial charge in [-0.1, -0.05) is 23.7 Å². The number of aromatic nitrogens is 3. The van der Waals surface area contributed by atoms with E-state index in [1.54, 1.807) is 12.4 Å². The van der Waals surface area contributed by atoms with Gasteiger partial charge in [-0.15, -0.1) is 0 Å². The maximum atomic E-state index is 12.8. The predicted molar refractivity (Wildman–Crippen MR) is 102 cm³/mol. The monoisotopic (exact) mass is 366 g/mol. The number of hydrogen-bond acceptors (Lipinski definition) is 3. The molecule has 6 heteroatoms. The fraction of sp³-hybridized carbons (Fsp3) is 0.250. The average Bonchev–Trinajstić information content (AvgIpc) is 3.12. The Kier molecular flexibility index (Phi) is 4.71. The van der Waals surface area contributed by atoms with E-state index in [0.717, 1.165) is 41.0 Å². The number of H-pyrrole nitrogens is 1. The van der Waals surface area contributed by atoms with E-state index in [2.05, 4.69) is 15.2 Å². The molecule has 4 rings (SSSR count). The Hall–Kier alpha value is -2.66. The minimum Gasteiger partial charge on any atom is -0.295 e. The molecule has 0 bridgehead atoms. The van der Waals surface area contributed by atoms with Gasteiger partial charge in [-0.05, 0) is 49.1 Å². The second-order valence-electron chi connectivity index (χ2n) is 6.41. The molecular formula is C20H19ClN4O. The van der Waals surface area contributed by atoms with Crippen LogP contribution < -0.4 is 4.90 Å². The van der Waals surface area contributed by atoms with Crippen LogP contribution in [0.15, 0.2) is 48.8 Å². The number of nitrogens with one attached hydrogen (secondary N) is 1. The van der Waals surface area contributed by atoms with Crippen molar-refractivity contribution in [3.8, 4) is 11.3 Å². The number of nitrogens with zero attached hydrogens (tertiary/aromatic N) is 3. The maximum Gasteiger partial charge on any atom is 0.228 e. The quantitative estimate of drug-likeness (QED) is 0.758. The highest BCUT2D eigenvalue weighted by Crippen LogP contribution is 2.33. The lowest BCUT2D eigenvalue weighted by atomic mass is 10.0. The van der Waals surface area contributed by atoms with Crippen LogP contribution in [0.3, 0.4) is 0 Å². The number of anilines is 1. The van der Waals surface area contributed by atoms with Gasteiger partial charge in [0.2, 0.25) is 5.91 Å². The van der Waals surface area contributed by atoms with Crippen LogP contribution in [0.25, 0.3) is 11.3 Å². The molecule has 0 fully saturated rings. The summed E-state index contributed by atoms with van der Waals surface area (Å²) in [6.07, 6.45) is 6.55. The van der Waals surface area contributed by atoms with Gasteiger partial charge in [0.25, 0.3) is 0 Å². The number of carbonyl (C=O) groups is 1. The van der Waals surface area contributed by atoms with Crippen molar-refractivity contribution in [2.24, 2.45) is 0 Å². The van der Waals surface area contributed by atoms with E-state index in [1.165, 1.54) is 0 Å². The molecule has 5 nitrogen and oxygen atoms in total. The van der Waals surface area contributed by atoms with Crippen molar-refractivity contribution < 1.29 is 4.79 Å². The van der Waals surface area contributed by atoms with Crippen molar-refractivity contribution >= 4 is 23.3 Å². The van der Waals surface area contributed by atoms with Crippen molar-refractivity contribution in [2.75, 3.05) is 11.4 Å². The first kappa shape index (κ1) is 16.8. The lowest BCUT2D eigenvalue weighted by molar-refractivity contribution is -0.118. The molecule has 1 aliphatic rings. The van der Waals surface area contributed by atoms with Crippen molar-refractivity contribution in [3.63, 3.8) is 0 Å². The van der Waals surface area contributed by atoms with Gasteiger partial charge in [-0.25, -0.2) is 0 Å². The van der Waals surface area contributed by atoms with Crippen LogP contribution in [0.1, 0.15) is 24.0 Å². The SMILES string of the molecule is O=C(CCc1ccc(Cl)cc1)N1CCCc2c1n[nH]c2-c1ccncc1. The fourth-order valence-corrected chi connectivity index (χ4v) is 3.50. The van der Waals surface area contributed by atoms with Gasteiger partial charge in [-0.3, -0.25) is 19.8 Å². The highest BCUT2D eigenvalue weighted by Gasteiger charge is 2.27. The summed E-state index contributed by atoms with van der Waals surface area (Å²) in [7, 11) is 0. The van der Waals surface area contributed by atoms with Crippen molar-refractivity contribution in [1.29, 1.82) is 0 Å². The summed E-state index contributed by atoms with van der Waals surface area (Å²) < 4.78 is 0. The largest absolute Gasteiger partial charge is 0.295 e. The molecule has 3 aromatic rings. The summed E-state index contributed by atoms with van der Waals surface area (Å²) >= 11 is 5.91. The molecule has 1 aliphatic heterocycles. The van der Waals surface area contributed by atoms with Gasteiger partial charge in [-0.2, -0.15) is 5.10 Å². The van der Waals surface area contributed by atoms with E-state index in [-0.39, 0.29) is 5.91 Å². The maximum absolute atomic E-state index is 12.8. The lowest BCUT2D eigenvalue weighted by Crippen LogP contribution is -2.35. The standard InChI is InChI=1S/C20H19ClN4O/c21-16-6-3-14(4-7-16)5-8-18(26)25-13-1-2-17-19(23-24-20(17)25)15-9-11-22-12-10-15/h3-4,6-7,9-12H,1-2,5,8,13H2,(H,23,24). The first-order valence-corrected chi connectivity index (χ1v) is 9.12. The Bertz CT molecular complexity index is 905. The van der Waals surface area contributed by atoms with E-state index >= 15 is 0 Å². The zero-order valence-electron chi connectivity index (χ0n) is 14.3. The first-order valence-electron chi connectivity index (χ1n) is 8.75. The number of benzene rings is 1. The number of halogens is 1. The molecule has 0 atom stereocenters. The summed E-state index contributed by atoms with van der Waals surface area (Å²) in [5, 5.41) is 8.26. The second-order valence-corrected chi connectivity index (χ2v) is 6.85. The third-order valence-corrected chi connectivity index (χ3v) is 4.97. The van der Waals surface area contributed by atoms with Crippen molar-refractivity contribution in [1.82, 2.24) is 15.2 Å². The molecule has 1 amide bonds. The first-order chi connectivity index (χ1) is 12.7. The molecule has 2 aromatic heterocycles. The zero-order chi connectivity index (χ0) is 17.9. The smallest absolute Gasteiger partial charge is 0.228 e. The summed E-state index contributed by atoms with van der Waals surface area (Å²) in [5.74, 6) is 0.873. The number of aromatic amines is 1. The van der Waals surface area contributed by atoms with Gasteiger partial charge < -0.3 is 0 Å². The Morgan fingerprint density at radius 2 is 1.92 bits per heavy atom. The van der Waals surface area contributed by atoms with Gasteiger partial charge in [0.05, 0.1) is 5.69 Å². The number of amides is 1. The number of fused-ring (bicyclic) bond motifs is 1. The number of rotatable bonds is 4. The molecule has 0 spiro atoms. The summed E-state index contributed by atoms with van der Waals surface area (Å²) in [4.78, 5) is 18.7. The van der Waals surface area contributed by atoms with Crippen LogP contribution in [0, 0.1) is 0 Å². The van der Waals surface area contributed by atoms with Crippen molar-refractivity contribution in [2.45, 2.75) is 25.7 Å². The summed E-state index contributed by atoms with van der Waals surface area (Å²) in [6.45, 7) is 0.715. The average molecular weight is 367 g/mol. The minimum atomic E-state index is 0.105. The molecule has 3 heterocycles. The van der Waals surface area contributed by atoms with Gasteiger partial charge >= 0.3 is 0 Å². The van der Waals surface area contributed by atoms with Gasteiger partial charge in [0.1, 0.15) is 0 Å². The number of aryl methyl sites for hydroxylation is 1. The van der Waals surface area contributed by atoms with Crippen LogP contribution in [0.4, 0.5) is 5.82 Å². The Morgan fingerprint density at radius 1 is 1.15 bits per heavy atom. The summed E-state index contributed by atoms with van der Waals surface area (Å²) in [6, 6.07) is 11.6. The third kappa shape index (κ3) is 3.35. The predicted octanol–water partition coefficient (Wildman–Crippen LogP) is 4.04. The Labute approximate surface area is 157 Å². The third-order valence-electron chi connectivity index (χ3n) is 4.72. The topological polar surface area (TPSA) is 61.9 Å². The Balaban J connectivity index is 1.51. The van der Waals surface area contributed by atoms with Crippen molar-refractivity contribution in [3.05, 3.63) is 64.9 Å². The molecule has 0 aliphatic carbocycles. The molecule has 26 heavy (non-hydrogen) atoms. The highest BCUT2D eigenvalue weighted by molar-refractivity contribution is 6.30. The van der Waals surface area contributed by atoms with Crippen LogP contribution in [-0.2, 0) is 17.6 Å². The fourth-order valence-electron chi connectivity index (χ4n) is 3.37. The molecular weight excluding hydrogens is 348 g/mol. The van der Waals surface area contributed by atoms with Gasteiger partial charge in [0.15, 0.2) is 5.82 Å². The second kappa shape index (κ2) is 7.30. The molecule has 1 aromatic carbocycles. The molecule has 0 saturated carbocycles. The van der Waals surface area contributed by atoms with Crippen LogP contribution >= 0.6 is 11.6 Å². The van der Waals surface area contributed by atoms with Crippen LogP contribution in [0.2, 0.25) is 5.02 Å². The highest BCUT2D eigenvalue weighted by atomic mass is 35.5. The van der Waals surface area contributed by atoms with E-state index < -0.39 is 0 Å².